The normalized spacial score (nSPS) is 10.6. The van der Waals surface area contributed by atoms with Crippen LogP contribution in [0.5, 0.6) is 0 Å². The summed E-state index contributed by atoms with van der Waals surface area (Å²) in [5, 5.41) is 28.0. The number of nitrogen functional groups attached to an aromatic ring is 2. The van der Waals surface area contributed by atoms with Gasteiger partial charge in [-0.15, -0.1) is 0 Å². The van der Waals surface area contributed by atoms with E-state index < -0.39 is 31.3 Å². The fourth-order valence-corrected chi connectivity index (χ4v) is 15.7. The van der Waals surface area contributed by atoms with Crippen LogP contribution in [0.15, 0.2) is 249 Å². The van der Waals surface area contributed by atoms with Crippen LogP contribution in [-0.4, -0.2) is 9.85 Å². The van der Waals surface area contributed by atoms with Gasteiger partial charge >= 0.3 is 0 Å². The first-order chi connectivity index (χ1) is 33.8. The van der Waals surface area contributed by atoms with Gasteiger partial charge in [0, 0.05) is 121 Å². The summed E-state index contributed by atoms with van der Waals surface area (Å²) in [6.07, 6.45) is 0. The molecule has 0 aliphatic carbocycles. The highest BCUT2D eigenvalue weighted by Crippen LogP contribution is 2.45. The molecule has 11 nitrogen and oxygen atoms in total. The molecule has 0 bridgehead atoms. The fraction of sp³-hybridized carbons (Fsp3) is 0.0357. The van der Waals surface area contributed by atoms with E-state index in [9.17, 15) is 33.9 Å². The van der Waals surface area contributed by atoms with Crippen molar-refractivity contribution in [1.29, 1.82) is 0 Å². The Morgan fingerprint density at radius 1 is 0.306 bits per heavy atom. The zero-order valence-corrected chi connectivity index (χ0v) is 44.2. The minimum atomic E-state index is -3.52. The number of anilines is 2. The molecule has 0 unspecified atom stereocenters. The maximum absolute atomic E-state index is 14.1. The van der Waals surface area contributed by atoms with Crippen LogP contribution in [0.3, 0.4) is 0 Å². The monoisotopic (exact) mass is 1240 g/mol. The van der Waals surface area contributed by atoms with Crippen LogP contribution in [0.1, 0.15) is 14.9 Å². The summed E-state index contributed by atoms with van der Waals surface area (Å²) in [6, 6.07) is 72.7. The van der Waals surface area contributed by atoms with Crippen LogP contribution >= 0.6 is 58.7 Å². The summed E-state index contributed by atoms with van der Waals surface area (Å²) >= 11 is 4.24. The molecule has 0 heterocycles. The third kappa shape index (κ3) is 13.5. The Morgan fingerprint density at radius 2 is 0.500 bits per heavy atom. The van der Waals surface area contributed by atoms with E-state index >= 15 is 0 Å². The predicted octanol–water partition coefficient (Wildman–Crippen LogP) is 12.0. The molecule has 72 heavy (non-hydrogen) atoms. The van der Waals surface area contributed by atoms with Crippen LogP contribution in [-0.2, 0) is 13.7 Å². The van der Waals surface area contributed by atoms with E-state index in [-0.39, 0.29) is 36.8 Å². The second kappa shape index (κ2) is 27.4. The molecule has 9 aromatic rings. The molecule has 0 aliphatic rings. The van der Waals surface area contributed by atoms with Gasteiger partial charge in [0.1, 0.15) is 0 Å². The van der Waals surface area contributed by atoms with Gasteiger partial charge in [-0.3, -0.25) is 20.2 Å². The molecule has 0 amide bonds. The second-order valence-corrected chi connectivity index (χ2v) is 23.6. The van der Waals surface area contributed by atoms with Gasteiger partial charge in [0.25, 0.3) is 11.4 Å². The van der Waals surface area contributed by atoms with Gasteiger partial charge in [0.2, 0.25) is 0 Å². The van der Waals surface area contributed by atoms with E-state index in [2.05, 4.69) is 37.2 Å². The average Bonchev–Trinajstić information content (AvgIpc) is 3.42. The first-order valence-corrected chi connectivity index (χ1v) is 32.7. The number of nitrogens with zero attached hydrogens (tertiary/aromatic N) is 2. The Balaban J connectivity index is 0.000000229. The number of nitrogens with two attached hydrogens (primary N) is 2. The topological polar surface area (TPSA) is 190 Å². The van der Waals surface area contributed by atoms with Gasteiger partial charge in [-0.05, 0) is 24.3 Å². The highest BCUT2D eigenvalue weighted by Gasteiger charge is 2.33. The predicted molar refractivity (Wildman–Crippen MR) is 321 cm³/mol. The number of benzene rings is 9. The number of non-ortho nitro benzene ring substituents is 2. The SMILES string of the molecule is C.C.II.Nc1cccc(P(=O)(c2ccccc2)c2cccc(N)c2)c1.O=P(c1ccccc1)(c1ccccc1)c1ccccc1.O=[N+]([O-])c1cccc(P(=O)(c2ccccc2)c2cccc([N+](=O)[O-])c2)c1. The number of rotatable bonds is 11. The molecule has 368 valence electrons. The smallest absolute Gasteiger partial charge is 0.270 e. The number of nitro groups is 2. The molecule has 4 N–H and O–H groups in total. The molecular formula is C56H53I2N4O7P3. The average molecular weight is 1240 g/mol. The summed E-state index contributed by atoms with van der Waals surface area (Å²) in [4.78, 5) is 21.1. The van der Waals surface area contributed by atoms with Crippen molar-refractivity contribution in [3.8, 4) is 0 Å². The van der Waals surface area contributed by atoms with E-state index in [1.165, 1.54) is 36.4 Å². The van der Waals surface area contributed by atoms with Crippen molar-refractivity contribution in [2.75, 3.05) is 11.5 Å². The van der Waals surface area contributed by atoms with E-state index in [0.29, 0.717) is 27.3 Å². The molecular weight excluding hydrogens is 1190 g/mol. The summed E-state index contributed by atoms with van der Waals surface area (Å²) < 4.78 is 42.0. The lowest BCUT2D eigenvalue weighted by atomic mass is 10.3. The van der Waals surface area contributed by atoms with Crippen molar-refractivity contribution in [2.24, 2.45) is 0 Å². The lowest BCUT2D eigenvalue weighted by molar-refractivity contribution is -0.384. The van der Waals surface area contributed by atoms with E-state index in [1.807, 2.05) is 146 Å². The maximum atomic E-state index is 14.1. The second-order valence-electron chi connectivity index (χ2n) is 15.2. The largest absolute Gasteiger partial charge is 0.399 e. The van der Waals surface area contributed by atoms with Crippen LogP contribution in [0.4, 0.5) is 22.7 Å². The van der Waals surface area contributed by atoms with Crippen molar-refractivity contribution in [3.05, 3.63) is 269 Å². The Labute approximate surface area is 444 Å². The van der Waals surface area contributed by atoms with Crippen molar-refractivity contribution in [3.63, 3.8) is 0 Å². The van der Waals surface area contributed by atoms with Gasteiger partial charge in [-0.2, -0.15) is 0 Å². The molecule has 0 aromatic heterocycles. The standard InChI is InChI=1S/C18H13N2O5P.C18H17N2OP.C18H15OP.2CH4.I2/c21-19(22)14-6-4-10-17(12-14)26(25,16-8-2-1-3-9-16)18-11-5-7-15(13-18)20(23)24;19-14-6-4-10-17(12-14)22(21,16-8-2-1-3-9-16)18-11-5-7-15(20)13-18;19-20(16-10-4-1-5-11-16,17-12-6-2-7-13-17)18-14-8-3-9-15-18;;;1-2/h1-13H;1-13H,19-20H2;1-15H;2*1H4;. The zero-order chi connectivity index (χ0) is 50.2. The van der Waals surface area contributed by atoms with Gasteiger partial charge in [-0.25, -0.2) is 0 Å². The van der Waals surface area contributed by atoms with E-state index in [1.54, 1.807) is 66.7 Å². The number of hydrogen-bond acceptors (Lipinski definition) is 9. The van der Waals surface area contributed by atoms with Crippen LogP contribution in [0, 0.1) is 20.2 Å². The van der Waals surface area contributed by atoms with Gasteiger partial charge in [0.15, 0.2) is 21.4 Å². The first-order valence-electron chi connectivity index (χ1n) is 21.3. The van der Waals surface area contributed by atoms with Crippen molar-refractivity contribution in [2.45, 2.75) is 14.9 Å². The molecule has 16 heteroatoms. The fourth-order valence-electron chi connectivity index (χ4n) is 7.58. The zero-order valence-electron chi connectivity index (χ0n) is 37.2. The minimum absolute atomic E-state index is 0. The third-order valence-electron chi connectivity index (χ3n) is 10.9. The molecule has 0 fully saturated rings. The highest BCUT2D eigenvalue weighted by molar-refractivity contribution is 15.0. The number of nitro benzene ring substituents is 2. The Kier molecular flexibility index (Phi) is 22.1. The van der Waals surface area contributed by atoms with Crippen molar-refractivity contribution < 1.29 is 23.5 Å². The quantitative estimate of drug-likeness (QED) is 0.0417. The van der Waals surface area contributed by atoms with Gasteiger partial charge in [0.05, 0.1) is 9.85 Å². The highest BCUT2D eigenvalue weighted by atomic mass is 128. The minimum Gasteiger partial charge on any atom is -0.399 e. The van der Waals surface area contributed by atoms with Crippen LogP contribution < -0.4 is 59.2 Å². The molecule has 0 spiro atoms. The molecule has 0 aliphatic heterocycles. The summed E-state index contributed by atoms with van der Waals surface area (Å²) in [5.74, 6) is 0. The molecule has 9 rings (SSSR count). The molecule has 0 atom stereocenters. The molecule has 0 saturated carbocycles. The lowest BCUT2D eigenvalue weighted by Gasteiger charge is -2.20. The number of hydrogen-bond donors (Lipinski definition) is 2. The van der Waals surface area contributed by atoms with Gasteiger partial charge < -0.3 is 25.2 Å². The summed E-state index contributed by atoms with van der Waals surface area (Å²) in [7, 11) is -9.29. The van der Waals surface area contributed by atoms with Crippen LogP contribution in [0.2, 0.25) is 0 Å². The number of halogens is 2. The molecule has 9 aromatic carbocycles. The first kappa shape index (κ1) is 58.1. The van der Waals surface area contributed by atoms with Crippen molar-refractivity contribution >= 4 is 129 Å². The lowest BCUT2D eigenvalue weighted by Crippen LogP contribution is -2.25. The Morgan fingerprint density at radius 3 is 0.722 bits per heavy atom. The van der Waals surface area contributed by atoms with E-state index in [4.69, 9.17) is 11.5 Å². The van der Waals surface area contributed by atoms with Crippen molar-refractivity contribution in [1.82, 2.24) is 0 Å². The Hall–Kier alpha value is -6.47. The van der Waals surface area contributed by atoms with Crippen LogP contribution in [0.25, 0.3) is 0 Å². The van der Waals surface area contributed by atoms with E-state index in [0.717, 1.165) is 21.2 Å². The molecule has 0 radical (unpaired) electrons. The van der Waals surface area contributed by atoms with Gasteiger partial charge in [-0.1, -0.05) is 215 Å². The maximum Gasteiger partial charge on any atom is 0.270 e. The third-order valence-corrected chi connectivity index (χ3v) is 20.0. The summed E-state index contributed by atoms with van der Waals surface area (Å²) in [5.41, 5.74) is 12.6. The Bertz CT molecular complexity index is 3110. The summed E-state index contributed by atoms with van der Waals surface area (Å²) in [6.45, 7) is 0. The molecule has 0 saturated heterocycles.